The summed E-state index contributed by atoms with van der Waals surface area (Å²) in [5.74, 6) is 0.728. The molecular formula is C17H30N2. The fraction of sp³-hybridized carbons (Fsp3) is 0.647. The summed E-state index contributed by atoms with van der Waals surface area (Å²) in [6, 6.07) is 9.04. The van der Waals surface area contributed by atoms with E-state index in [1.54, 1.807) is 0 Å². The highest BCUT2D eigenvalue weighted by molar-refractivity contribution is 5.23. The molecule has 3 N–H and O–H groups in total. The van der Waals surface area contributed by atoms with Crippen molar-refractivity contribution in [1.29, 1.82) is 0 Å². The van der Waals surface area contributed by atoms with Gasteiger partial charge in [0.05, 0.1) is 0 Å². The quantitative estimate of drug-likeness (QED) is 0.707. The summed E-state index contributed by atoms with van der Waals surface area (Å²) in [7, 11) is 0. The summed E-state index contributed by atoms with van der Waals surface area (Å²) in [5.41, 5.74) is 8.76. The molecule has 0 aromatic heterocycles. The first-order valence-corrected chi connectivity index (χ1v) is 7.41. The average molecular weight is 262 g/mol. The summed E-state index contributed by atoms with van der Waals surface area (Å²) in [6.07, 6.45) is 2.26. The predicted octanol–water partition coefficient (Wildman–Crippen LogP) is 3.00. The van der Waals surface area contributed by atoms with E-state index in [0.717, 1.165) is 32.0 Å². The fourth-order valence-electron chi connectivity index (χ4n) is 2.05. The topological polar surface area (TPSA) is 38.0 Å². The molecule has 0 heterocycles. The number of nitrogens with one attached hydrogen (secondary N) is 1. The van der Waals surface area contributed by atoms with E-state index in [0.29, 0.717) is 0 Å². The zero-order chi connectivity index (χ0) is 14.3. The van der Waals surface area contributed by atoms with E-state index in [1.165, 1.54) is 17.5 Å². The highest BCUT2D eigenvalue weighted by Crippen LogP contribution is 2.11. The summed E-state index contributed by atoms with van der Waals surface area (Å²) in [6.45, 7) is 11.6. The normalized spacial score (nSPS) is 12.1. The molecule has 1 rings (SSSR count). The van der Waals surface area contributed by atoms with Crippen molar-refractivity contribution in [2.75, 3.05) is 19.6 Å². The van der Waals surface area contributed by atoms with Crippen LogP contribution in [0.1, 0.15) is 38.8 Å². The van der Waals surface area contributed by atoms with E-state index in [1.807, 2.05) is 0 Å². The Labute approximate surface area is 118 Å². The van der Waals surface area contributed by atoms with Gasteiger partial charge in [-0.3, -0.25) is 0 Å². The highest BCUT2D eigenvalue weighted by atomic mass is 14.9. The van der Waals surface area contributed by atoms with Crippen molar-refractivity contribution >= 4 is 0 Å². The molecule has 0 atom stereocenters. The minimum Gasteiger partial charge on any atom is -0.330 e. The number of hydrogen-bond donors (Lipinski definition) is 2. The van der Waals surface area contributed by atoms with Crippen LogP contribution in [-0.4, -0.2) is 19.6 Å². The molecule has 1 aromatic rings. The van der Waals surface area contributed by atoms with Gasteiger partial charge in [-0.2, -0.15) is 0 Å². The molecule has 0 amide bonds. The Morgan fingerprint density at radius 3 is 2.21 bits per heavy atom. The van der Waals surface area contributed by atoms with Crippen molar-refractivity contribution in [3.05, 3.63) is 35.4 Å². The van der Waals surface area contributed by atoms with Crippen LogP contribution in [0, 0.1) is 11.3 Å². The second kappa shape index (κ2) is 7.66. The van der Waals surface area contributed by atoms with E-state index in [2.05, 4.69) is 57.3 Å². The zero-order valence-electron chi connectivity index (χ0n) is 13.0. The molecule has 19 heavy (non-hydrogen) atoms. The first-order chi connectivity index (χ1) is 8.93. The molecular weight excluding hydrogens is 232 g/mol. The van der Waals surface area contributed by atoms with Gasteiger partial charge < -0.3 is 11.1 Å². The molecule has 0 aliphatic heterocycles. The summed E-state index contributed by atoms with van der Waals surface area (Å²) in [5, 5.41) is 3.49. The standard InChI is InChI=1S/C17H30N2/c1-14(2)11-16-7-5-15(6-8-16)9-10-19-13-17(3,4)12-18/h5-8,14,19H,9-13,18H2,1-4H3. The molecule has 0 saturated carbocycles. The van der Waals surface area contributed by atoms with Crippen molar-refractivity contribution in [2.24, 2.45) is 17.1 Å². The molecule has 0 bridgehead atoms. The molecule has 0 fully saturated rings. The van der Waals surface area contributed by atoms with Gasteiger partial charge in [-0.05, 0) is 48.4 Å². The Morgan fingerprint density at radius 2 is 1.68 bits per heavy atom. The average Bonchev–Trinajstić information content (AvgIpc) is 2.36. The van der Waals surface area contributed by atoms with Crippen LogP contribution in [0.25, 0.3) is 0 Å². The lowest BCUT2D eigenvalue weighted by Crippen LogP contribution is -2.36. The number of hydrogen-bond acceptors (Lipinski definition) is 2. The third-order valence-corrected chi connectivity index (χ3v) is 3.41. The van der Waals surface area contributed by atoms with Gasteiger partial charge in [0.1, 0.15) is 0 Å². The van der Waals surface area contributed by atoms with Gasteiger partial charge in [0.25, 0.3) is 0 Å². The van der Waals surface area contributed by atoms with Gasteiger partial charge in [-0.15, -0.1) is 0 Å². The monoisotopic (exact) mass is 262 g/mol. The van der Waals surface area contributed by atoms with E-state index >= 15 is 0 Å². The first kappa shape index (κ1) is 16.2. The zero-order valence-corrected chi connectivity index (χ0v) is 13.0. The molecule has 0 unspecified atom stereocenters. The predicted molar refractivity (Wildman–Crippen MR) is 84.4 cm³/mol. The first-order valence-electron chi connectivity index (χ1n) is 7.41. The molecule has 2 heteroatoms. The summed E-state index contributed by atoms with van der Waals surface area (Å²) < 4.78 is 0. The van der Waals surface area contributed by atoms with Crippen LogP contribution in [0.15, 0.2) is 24.3 Å². The lowest BCUT2D eigenvalue weighted by Gasteiger charge is -2.22. The van der Waals surface area contributed by atoms with Crippen LogP contribution in [0.2, 0.25) is 0 Å². The lowest BCUT2D eigenvalue weighted by molar-refractivity contribution is 0.353. The Bertz CT molecular complexity index is 352. The minimum absolute atomic E-state index is 0.196. The third-order valence-electron chi connectivity index (χ3n) is 3.41. The Hall–Kier alpha value is -0.860. The smallest absolute Gasteiger partial charge is 0.00147 e. The van der Waals surface area contributed by atoms with Gasteiger partial charge in [0, 0.05) is 6.54 Å². The van der Waals surface area contributed by atoms with Crippen molar-refractivity contribution in [1.82, 2.24) is 5.32 Å². The molecule has 1 aromatic carbocycles. The molecule has 0 spiro atoms. The highest BCUT2D eigenvalue weighted by Gasteiger charge is 2.13. The van der Waals surface area contributed by atoms with E-state index in [-0.39, 0.29) is 5.41 Å². The van der Waals surface area contributed by atoms with E-state index in [4.69, 9.17) is 5.73 Å². The van der Waals surface area contributed by atoms with Crippen molar-refractivity contribution in [3.63, 3.8) is 0 Å². The van der Waals surface area contributed by atoms with Gasteiger partial charge in [-0.1, -0.05) is 52.0 Å². The van der Waals surface area contributed by atoms with Gasteiger partial charge in [0.15, 0.2) is 0 Å². The summed E-state index contributed by atoms with van der Waals surface area (Å²) in [4.78, 5) is 0. The van der Waals surface area contributed by atoms with Gasteiger partial charge >= 0.3 is 0 Å². The van der Waals surface area contributed by atoms with Crippen molar-refractivity contribution in [3.8, 4) is 0 Å². The number of nitrogens with two attached hydrogens (primary N) is 1. The van der Waals surface area contributed by atoms with Crippen LogP contribution in [0.5, 0.6) is 0 Å². The van der Waals surface area contributed by atoms with E-state index in [9.17, 15) is 0 Å². The van der Waals surface area contributed by atoms with Gasteiger partial charge in [-0.25, -0.2) is 0 Å². The Balaban J connectivity index is 2.30. The van der Waals surface area contributed by atoms with Crippen LogP contribution < -0.4 is 11.1 Å². The van der Waals surface area contributed by atoms with Crippen LogP contribution in [0.4, 0.5) is 0 Å². The third kappa shape index (κ3) is 6.74. The summed E-state index contributed by atoms with van der Waals surface area (Å²) >= 11 is 0. The molecule has 2 nitrogen and oxygen atoms in total. The molecule has 0 aliphatic carbocycles. The minimum atomic E-state index is 0.196. The fourth-order valence-corrected chi connectivity index (χ4v) is 2.05. The van der Waals surface area contributed by atoms with E-state index < -0.39 is 0 Å². The van der Waals surface area contributed by atoms with Crippen molar-refractivity contribution in [2.45, 2.75) is 40.5 Å². The molecule has 0 radical (unpaired) electrons. The SMILES string of the molecule is CC(C)Cc1ccc(CCNCC(C)(C)CN)cc1. The lowest BCUT2D eigenvalue weighted by atomic mass is 9.94. The van der Waals surface area contributed by atoms with Crippen LogP contribution in [-0.2, 0) is 12.8 Å². The van der Waals surface area contributed by atoms with Gasteiger partial charge in [0.2, 0.25) is 0 Å². The van der Waals surface area contributed by atoms with Crippen LogP contribution >= 0.6 is 0 Å². The second-order valence-corrected chi connectivity index (χ2v) is 6.71. The second-order valence-electron chi connectivity index (χ2n) is 6.71. The molecule has 0 saturated heterocycles. The Kier molecular flexibility index (Phi) is 6.53. The van der Waals surface area contributed by atoms with Crippen molar-refractivity contribution < 1.29 is 0 Å². The maximum absolute atomic E-state index is 5.72. The Morgan fingerprint density at radius 1 is 1.11 bits per heavy atom. The number of rotatable bonds is 8. The van der Waals surface area contributed by atoms with Crippen LogP contribution in [0.3, 0.4) is 0 Å². The molecule has 108 valence electrons. The maximum Gasteiger partial charge on any atom is 0.00147 e. The largest absolute Gasteiger partial charge is 0.330 e. The molecule has 0 aliphatic rings. The maximum atomic E-state index is 5.72. The number of benzene rings is 1.